The predicted molar refractivity (Wildman–Crippen MR) is 109 cm³/mol. The molecular weight excluding hydrogens is 370 g/mol. The number of fused-ring (bicyclic) bond motifs is 3. The van der Waals surface area contributed by atoms with E-state index in [4.69, 9.17) is 9.15 Å². The number of hydrogen-bond donors (Lipinski definition) is 3. The summed E-state index contributed by atoms with van der Waals surface area (Å²) in [6.07, 6.45) is -3.12. The van der Waals surface area contributed by atoms with Gasteiger partial charge in [0, 0.05) is 22.9 Å². The van der Waals surface area contributed by atoms with E-state index in [1.807, 2.05) is 60.7 Å². The third-order valence-electron chi connectivity index (χ3n) is 4.79. The molecule has 4 rings (SSSR count). The molecule has 0 saturated carbocycles. The SMILES string of the molecule is O=C(NCC(O)C(O)c1cccc2c1oc1ccccc12)OCc1ccccc1. The van der Waals surface area contributed by atoms with Gasteiger partial charge < -0.3 is 24.7 Å². The zero-order valence-electron chi connectivity index (χ0n) is 15.6. The van der Waals surface area contributed by atoms with E-state index in [2.05, 4.69) is 5.32 Å². The number of furan rings is 1. The van der Waals surface area contributed by atoms with Crippen LogP contribution in [0.25, 0.3) is 21.9 Å². The van der Waals surface area contributed by atoms with Gasteiger partial charge in [-0.3, -0.25) is 0 Å². The maximum absolute atomic E-state index is 11.9. The smallest absolute Gasteiger partial charge is 0.407 e. The third kappa shape index (κ3) is 4.08. The average molecular weight is 391 g/mol. The van der Waals surface area contributed by atoms with Crippen molar-refractivity contribution in [2.45, 2.75) is 18.8 Å². The number of alkyl carbamates (subject to hydrolysis) is 1. The summed E-state index contributed by atoms with van der Waals surface area (Å²) in [5, 5.41) is 25.3. The number of carbonyl (C=O) groups is 1. The van der Waals surface area contributed by atoms with Gasteiger partial charge in [-0.05, 0) is 11.6 Å². The number of para-hydroxylation sites is 2. The molecule has 0 radical (unpaired) electrons. The highest BCUT2D eigenvalue weighted by Crippen LogP contribution is 2.34. The molecule has 0 spiro atoms. The van der Waals surface area contributed by atoms with Crippen LogP contribution in [-0.2, 0) is 11.3 Å². The molecular formula is C23H21NO5. The van der Waals surface area contributed by atoms with Crippen LogP contribution in [0.1, 0.15) is 17.2 Å². The van der Waals surface area contributed by atoms with Crippen molar-refractivity contribution < 1.29 is 24.2 Å². The number of benzene rings is 3. The van der Waals surface area contributed by atoms with Crippen molar-refractivity contribution in [1.29, 1.82) is 0 Å². The number of hydrogen-bond acceptors (Lipinski definition) is 5. The monoisotopic (exact) mass is 391 g/mol. The lowest BCUT2D eigenvalue weighted by Crippen LogP contribution is -2.35. The second kappa shape index (κ2) is 8.34. The summed E-state index contributed by atoms with van der Waals surface area (Å²) in [6.45, 7) is -0.0327. The molecule has 0 aliphatic heterocycles. The van der Waals surface area contributed by atoms with Crippen molar-refractivity contribution in [2.24, 2.45) is 0 Å². The fourth-order valence-electron chi connectivity index (χ4n) is 3.28. The largest absolute Gasteiger partial charge is 0.456 e. The highest BCUT2D eigenvalue weighted by atomic mass is 16.5. The number of carbonyl (C=O) groups excluding carboxylic acids is 1. The third-order valence-corrected chi connectivity index (χ3v) is 4.79. The molecule has 0 saturated heterocycles. The Morgan fingerprint density at radius 1 is 0.931 bits per heavy atom. The summed E-state index contributed by atoms with van der Waals surface area (Å²) in [5.41, 5.74) is 2.55. The highest BCUT2D eigenvalue weighted by molar-refractivity contribution is 6.05. The van der Waals surface area contributed by atoms with E-state index < -0.39 is 18.3 Å². The lowest BCUT2D eigenvalue weighted by Gasteiger charge is -2.18. The van der Waals surface area contributed by atoms with Crippen LogP contribution in [0.3, 0.4) is 0 Å². The van der Waals surface area contributed by atoms with E-state index >= 15 is 0 Å². The van der Waals surface area contributed by atoms with E-state index in [1.54, 1.807) is 12.1 Å². The van der Waals surface area contributed by atoms with Gasteiger partial charge in [0.15, 0.2) is 0 Å². The maximum atomic E-state index is 11.9. The molecule has 2 atom stereocenters. The standard InChI is InChI=1S/C23H21NO5/c25-19(13-24-23(27)28-14-15-7-2-1-3-8-15)21(26)18-11-6-10-17-16-9-4-5-12-20(16)29-22(17)18/h1-12,19,21,25-26H,13-14H2,(H,24,27). The summed E-state index contributed by atoms with van der Waals surface area (Å²) >= 11 is 0. The molecule has 1 aromatic heterocycles. The minimum Gasteiger partial charge on any atom is -0.456 e. The van der Waals surface area contributed by atoms with E-state index in [9.17, 15) is 15.0 Å². The highest BCUT2D eigenvalue weighted by Gasteiger charge is 2.23. The van der Waals surface area contributed by atoms with Gasteiger partial charge in [-0.25, -0.2) is 4.79 Å². The first-order valence-electron chi connectivity index (χ1n) is 9.34. The predicted octanol–water partition coefficient (Wildman–Crippen LogP) is 3.91. The molecule has 2 unspecified atom stereocenters. The second-order valence-electron chi connectivity index (χ2n) is 6.78. The molecule has 1 heterocycles. The average Bonchev–Trinajstić information content (AvgIpc) is 3.15. The Balaban J connectivity index is 1.41. The maximum Gasteiger partial charge on any atom is 0.407 e. The number of nitrogens with one attached hydrogen (secondary N) is 1. The molecule has 6 nitrogen and oxygen atoms in total. The van der Waals surface area contributed by atoms with E-state index in [1.165, 1.54) is 0 Å². The topological polar surface area (TPSA) is 91.9 Å². The fraction of sp³-hybridized carbons (Fsp3) is 0.174. The quantitative estimate of drug-likeness (QED) is 0.464. The molecule has 0 fully saturated rings. The van der Waals surface area contributed by atoms with Crippen LogP contribution in [0.15, 0.2) is 77.2 Å². The molecule has 29 heavy (non-hydrogen) atoms. The summed E-state index contributed by atoms with van der Waals surface area (Å²) in [5.74, 6) is 0. The van der Waals surface area contributed by atoms with Crippen LogP contribution >= 0.6 is 0 Å². The normalized spacial score (nSPS) is 13.3. The molecule has 4 aromatic rings. The minimum atomic E-state index is -1.23. The molecule has 0 bridgehead atoms. The number of aliphatic hydroxyl groups excluding tert-OH is 2. The molecule has 3 N–H and O–H groups in total. The van der Waals surface area contributed by atoms with Gasteiger partial charge in [0.05, 0.1) is 0 Å². The second-order valence-corrected chi connectivity index (χ2v) is 6.78. The Morgan fingerprint density at radius 2 is 1.66 bits per heavy atom. The Bertz CT molecular complexity index is 1120. The Labute approximate surface area is 167 Å². The number of rotatable bonds is 6. The van der Waals surface area contributed by atoms with Gasteiger partial charge in [-0.2, -0.15) is 0 Å². The van der Waals surface area contributed by atoms with Crippen LogP contribution < -0.4 is 5.32 Å². The molecule has 3 aromatic carbocycles. The van der Waals surface area contributed by atoms with Crippen LogP contribution in [0.4, 0.5) is 4.79 Å². The summed E-state index contributed by atoms with van der Waals surface area (Å²) in [4.78, 5) is 11.9. The van der Waals surface area contributed by atoms with Crippen molar-refractivity contribution in [2.75, 3.05) is 6.54 Å². The van der Waals surface area contributed by atoms with Gasteiger partial charge in [0.1, 0.15) is 30.0 Å². The first-order valence-corrected chi connectivity index (χ1v) is 9.34. The van der Waals surface area contributed by atoms with Crippen LogP contribution in [0.5, 0.6) is 0 Å². The van der Waals surface area contributed by atoms with Crippen LogP contribution in [0, 0.1) is 0 Å². The lowest BCUT2D eigenvalue weighted by molar-refractivity contribution is 0.0188. The first kappa shape index (κ1) is 19.0. The number of amides is 1. The minimum absolute atomic E-state index is 0.129. The summed E-state index contributed by atoms with van der Waals surface area (Å²) in [7, 11) is 0. The number of aliphatic hydroxyl groups is 2. The molecule has 6 heteroatoms. The van der Waals surface area contributed by atoms with Gasteiger partial charge in [0.25, 0.3) is 0 Å². The van der Waals surface area contributed by atoms with E-state index in [-0.39, 0.29) is 13.2 Å². The zero-order chi connectivity index (χ0) is 20.2. The Morgan fingerprint density at radius 3 is 2.48 bits per heavy atom. The summed E-state index contributed by atoms with van der Waals surface area (Å²) in [6, 6.07) is 22.3. The Hall–Kier alpha value is -3.35. The van der Waals surface area contributed by atoms with Crippen molar-refractivity contribution in [3.05, 3.63) is 83.9 Å². The lowest BCUT2D eigenvalue weighted by atomic mass is 10.0. The van der Waals surface area contributed by atoms with Crippen LogP contribution in [0.2, 0.25) is 0 Å². The van der Waals surface area contributed by atoms with Crippen molar-refractivity contribution in [3.8, 4) is 0 Å². The first-order chi connectivity index (χ1) is 14.1. The zero-order valence-corrected chi connectivity index (χ0v) is 15.6. The van der Waals surface area contributed by atoms with Gasteiger partial charge in [0.2, 0.25) is 0 Å². The van der Waals surface area contributed by atoms with Crippen molar-refractivity contribution in [3.63, 3.8) is 0 Å². The number of ether oxygens (including phenoxy) is 1. The van der Waals surface area contributed by atoms with E-state index in [0.29, 0.717) is 16.7 Å². The summed E-state index contributed by atoms with van der Waals surface area (Å²) < 4.78 is 11.0. The molecule has 0 aliphatic carbocycles. The van der Waals surface area contributed by atoms with Crippen molar-refractivity contribution >= 4 is 28.0 Å². The van der Waals surface area contributed by atoms with Gasteiger partial charge in [-0.1, -0.05) is 66.7 Å². The molecule has 1 amide bonds. The van der Waals surface area contributed by atoms with E-state index in [0.717, 1.165) is 16.3 Å². The van der Waals surface area contributed by atoms with Crippen molar-refractivity contribution in [1.82, 2.24) is 5.32 Å². The van der Waals surface area contributed by atoms with Gasteiger partial charge >= 0.3 is 6.09 Å². The molecule has 0 aliphatic rings. The Kier molecular flexibility index (Phi) is 5.46. The van der Waals surface area contributed by atoms with Gasteiger partial charge in [-0.15, -0.1) is 0 Å². The molecule has 148 valence electrons. The fourth-order valence-corrected chi connectivity index (χ4v) is 3.28. The van der Waals surface area contributed by atoms with Crippen LogP contribution in [-0.4, -0.2) is 29.0 Å².